The zero-order chi connectivity index (χ0) is 15.2. The van der Waals surface area contributed by atoms with Crippen molar-refractivity contribution < 1.29 is 0 Å². The van der Waals surface area contributed by atoms with Crippen LogP contribution in [0, 0.1) is 6.92 Å². The van der Waals surface area contributed by atoms with Gasteiger partial charge in [-0.1, -0.05) is 17.7 Å². The summed E-state index contributed by atoms with van der Waals surface area (Å²) in [6.07, 6.45) is 4.18. The van der Waals surface area contributed by atoms with Crippen LogP contribution < -0.4 is 16.2 Å². The maximum Gasteiger partial charge on any atom is 0.293 e. The van der Waals surface area contributed by atoms with Crippen LogP contribution in [-0.2, 0) is 6.54 Å². The van der Waals surface area contributed by atoms with Gasteiger partial charge in [-0.15, -0.1) is 0 Å². The Morgan fingerprint density at radius 2 is 2.00 bits per heavy atom. The summed E-state index contributed by atoms with van der Waals surface area (Å²) in [5, 5.41) is 0. The van der Waals surface area contributed by atoms with Gasteiger partial charge in [-0.05, 0) is 38.9 Å². The quantitative estimate of drug-likeness (QED) is 0.883. The first-order valence-electron chi connectivity index (χ1n) is 7.27. The Balaban J connectivity index is 2.45. The van der Waals surface area contributed by atoms with Crippen molar-refractivity contribution in [3.63, 3.8) is 0 Å². The van der Waals surface area contributed by atoms with Gasteiger partial charge in [0.1, 0.15) is 0 Å². The Morgan fingerprint density at radius 3 is 2.62 bits per heavy atom. The van der Waals surface area contributed by atoms with Crippen molar-refractivity contribution in [1.29, 1.82) is 0 Å². The molecule has 21 heavy (non-hydrogen) atoms. The van der Waals surface area contributed by atoms with Gasteiger partial charge in [-0.2, -0.15) is 0 Å². The van der Waals surface area contributed by atoms with E-state index in [1.54, 1.807) is 17.0 Å². The number of rotatable bonds is 6. The molecule has 5 nitrogen and oxygen atoms in total. The molecule has 2 N–H and O–H groups in total. The van der Waals surface area contributed by atoms with Crippen molar-refractivity contribution in [3.05, 3.63) is 52.6 Å². The van der Waals surface area contributed by atoms with E-state index in [0.29, 0.717) is 25.5 Å². The molecule has 0 spiro atoms. The van der Waals surface area contributed by atoms with Crippen molar-refractivity contribution in [2.24, 2.45) is 5.73 Å². The van der Waals surface area contributed by atoms with Gasteiger partial charge >= 0.3 is 0 Å². The number of aromatic nitrogens is 2. The average Bonchev–Trinajstić information content (AvgIpc) is 2.50. The molecule has 5 heteroatoms. The minimum atomic E-state index is -0.0717. The molecule has 1 heterocycles. The maximum atomic E-state index is 12.5. The van der Waals surface area contributed by atoms with E-state index in [0.717, 1.165) is 12.1 Å². The maximum absolute atomic E-state index is 12.5. The monoisotopic (exact) mass is 286 g/mol. The Morgan fingerprint density at radius 1 is 1.29 bits per heavy atom. The minimum absolute atomic E-state index is 0.0717. The van der Waals surface area contributed by atoms with E-state index in [4.69, 9.17) is 5.73 Å². The molecular weight excluding hydrogens is 264 g/mol. The summed E-state index contributed by atoms with van der Waals surface area (Å²) in [5.74, 6) is 0.455. The largest absolute Gasteiger partial charge is 0.330 e. The molecule has 0 radical (unpaired) electrons. The lowest BCUT2D eigenvalue weighted by Gasteiger charge is -2.23. The lowest BCUT2D eigenvalue weighted by atomic mass is 10.2. The topological polar surface area (TPSA) is 64.2 Å². The van der Waals surface area contributed by atoms with Crippen molar-refractivity contribution in [2.75, 3.05) is 18.0 Å². The van der Waals surface area contributed by atoms with Crippen LogP contribution in [0.25, 0.3) is 0 Å². The average molecular weight is 286 g/mol. The zero-order valence-electron chi connectivity index (χ0n) is 12.6. The normalized spacial score (nSPS) is 10.6. The van der Waals surface area contributed by atoms with Gasteiger partial charge in [0.25, 0.3) is 5.56 Å². The van der Waals surface area contributed by atoms with Gasteiger partial charge in [0.05, 0.1) is 0 Å². The third-order valence-electron chi connectivity index (χ3n) is 3.42. The van der Waals surface area contributed by atoms with Crippen LogP contribution in [-0.4, -0.2) is 22.6 Å². The Bertz CT molecular complexity index is 633. The fraction of sp³-hybridized carbons (Fsp3) is 0.375. The zero-order valence-corrected chi connectivity index (χ0v) is 12.6. The van der Waals surface area contributed by atoms with Crippen molar-refractivity contribution >= 4 is 11.5 Å². The molecule has 0 saturated carbocycles. The molecule has 0 amide bonds. The third-order valence-corrected chi connectivity index (χ3v) is 3.42. The molecule has 0 aliphatic carbocycles. The van der Waals surface area contributed by atoms with Gasteiger partial charge < -0.3 is 15.2 Å². The third kappa shape index (κ3) is 3.49. The summed E-state index contributed by atoms with van der Waals surface area (Å²) in [7, 11) is 0. The van der Waals surface area contributed by atoms with Crippen LogP contribution >= 0.6 is 0 Å². The Kier molecular flexibility index (Phi) is 5.11. The van der Waals surface area contributed by atoms with Gasteiger partial charge in [0.2, 0.25) is 0 Å². The summed E-state index contributed by atoms with van der Waals surface area (Å²) < 4.78 is 1.66. The molecule has 1 aromatic carbocycles. The first-order valence-corrected chi connectivity index (χ1v) is 7.27. The van der Waals surface area contributed by atoms with Crippen LogP contribution in [0.1, 0.15) is 18.9 Å². The SMILES string of the molecule is CCn1ccnc(N(CCCN)c2ccc(C)cc2)c1=O. The van der Waals surface area contributed by atoms with E-state index < -0.39 is 0 Å². The number of nitrogens with two attached hydrogens (primary N) is 1. The molecule has 0 saturated heterocycles. The highest BCUT2D eigenvalue weighted by Crippen LogP contribution is 2.21. The Labute approximate surface area is 125 Å². The Hall–Kier alpha value is -2.14. The van der Waals surface area contributed by atoms with Crippen LogP contribution in [0.3, 0.4) is 0 Å². The van der Waals surface area contributed by atoms with Crippen LogP contribution in [0.5, 0.6) is 0 Å². The second-order valence-corrected chi connectivity index (χ2v) is 4.97. The van der Waals surface area contributed by atoms with Gasteiger partial charge in [0.15, 0.2) is 5.82 Å². The fourth-order valence-corrected chi connectivity index (χ4v) is 2.20. The molecule has 2 rings (SSSR count). The van der Waals surface area contributed by atoms with Crippen molar-refractivity contribution in [2.45, 2.75) is 26.8 Å². The molecule has 0 atom stereocenters. The van der Waals surface area contributed by atoms with Gasteiger partial charge in [-0.3, -0.25) is 4.79 Å². The molecule has 2 aromatic rings. The number of benzene rings is 1. The first-order chi connectivity index (χ1) is 10.2. The highest BCUT2D eigenvalue weighted by Gasteiger charge is 2.15. The number of aryl methyl sites for hydroxylation is 2. The van der Waals surface area contributed by atoms with E-state index in [-0.39, 0.29) is 5.56 Å². The van der Waals surface area contributed by atoms with E-state index in [9.17, 15) is 4.79 Å². The summed E-state index contributed by atoms with van der Waals surface area (Å²) >= 11 is 0. The van der Waals surface area contributed by atoms with E-state index in [1.165, 1.54) is 5.56 Å². The second kappa shape index (κ2) is 7.04. The predicted molar refractivity (Wildman–Crippen MR) is 86.0 cm³/mol. The molecule has 0 unspecified atom stereocenters. The summed E-state index contributed by atoms with van der Waals surface area (Å²) in [6.45, 7) is 5.87. The number of hydrogen-bond acceptors (Lipinski definition) is 4. The lowest BCUT2D eigenvalue weighted by Crippen LogP contribution is -2.31. The first kappa shape index (κ1) is 15.3. The molecule has 0 aliphatic rings. The summed E-state index contributed by atoms with van der Waals surface area (Å²) in [4.78, 5) is 18.7. The molecule has 0 bridgehead atoms. The molecule has 112 valence electrons. The van der Waals surface area contributed by atoms with E-state index in [2.05, 4.69) is 4.98 Å². The number of anilines is 2. The lowest BCUT2D eigenvalue weighted by molar-refractivity contribution is 0.707. The summed E-state index contributed by atoms with van der Waals surface area (Å²) in [6, 6.07) is 8.09. The molecule has 1 aromatic heterocycles. The smallest absolute Gasteiger partial charge is 0.293 e. The standard InChI is InChI=1S/C16H22N4O/c1-3-19-12-10-18-15(16(19)21)20(11-4-9-17)14-7-5-13(2)6-8-14/h5-8,10,12H,3-4,9,11,17H2,1-2H3. The minimum Gasteiger partial charge on any atom is -0.330 e. The van der Waals surface area contributed by atoms with Crippen LogP contribution in [0.2, 0.25) is 0 Å². The number of nitrogens with zero attached hydrogens (tertiary/aromatic N) is 3. The van der Waals surface area contributed by atoms with Crippen LogP contribution in [0.15, 0.2) is 41.5 Å². The molecule has 0 fully saturated rings. The molecular formula is C16H22N4O. The fourth-order valence-electron chi connectivity index (χ4n) is 2.20. The van der Waals surface area contributed by atoms with Crippen molar-refractivity contribution in [3.8, 4) is 0 Å². The van der Waals surface area contributed by atoms with Crippen LogP contribution in [0.4, 0.5) is 11.5 Å². The van der Waals surface area contributed by atoms with E-state index in [1.807, 2.05) is 43.0 Å². The second-order valence-electron chi connectivity index (χ2n) is 4.97. The van der Waals surface area contributed by atoms with E-state index >= 15 is 0 Å². The van der Waals surface area contributed by atoms with Crippen molar-refractivity contribution in [1.82, 2.24) is 9.55 Å². The summed E-state index contributed by atoms with van der Waals surface area (Å²) in [5.41, 5.74) is 7.70. The number of hydrogen-bond donors (Lipinski definition) is 1. The predicted octanol–water partition coefficient (Wildman–Crippen LogP) is 2.06. The van der Waals surface area contributed by atoms with Gasteiger partial charge in [0, 0.05) is 31.2 Å². The molecule has 0 aliphatic heterocycles. The van der Waals surface area contributed by atoms with Gasteiger partial charge in [-0.25, -0.2) is 4.98 Å². The highest BCUT2D eigenvalue weighted by molar-refractivity contribution is 5.59. The highest BCUT2D eigenvalue weighted by atomic mass is 16.1.